The minimum Gasteiger partial charge on any atom is -0.458 e. The van der Waals surface area contributed by atoms with Crippen LogP contribution in [-0.2, 0) is 10.8 Å². The van der Waals surface area contributed by atoms with Gasteiger partial charge in [0.1, 0.15) is 11.5 Å². The Morgan fingerprint density at radius 3 is 0.977 bits per heavy atom. The van der Waals surface area contributed by atoms with Gasteiger partial charge in [-0.1, -0.05) is 238 Å². The number of hydrogen-bond donors (Lipinski definition) is 0. The van der Waals surface area contributed by atoms with E-state index in [1.807, 2.05) is 23.5 Å². The molecule has 16 rings (SSSR count). The molecule has 0 saturated carbocycles. The van der Waals surface area contributed by atoms with Gasteiger partial charge in [-0.2, -0.15) is 0 Å². The molecule has 0 atom stereocenters. The van der Waals surface area contributed by atoms with Crippen LogP contribution in [0.2, 0.25) is 0 Å². The van der Waals surface area contributed by atoms with Gasteiger partial charge in [0.05, 0.1) is 33.6 Å². The van der Waals surface area contributed by atoms with Crippen molar-refractivity contribution in [3.8, 4) is 11.5 Å². The van der Waals surface area contributed by atoms with Crippen LogP contribution < -0.4 is 30.9 Å². The summed E-state index contributed by atoms with van der Waals surface area (Å²) >= 11 is 3.78. The lowest BCUT2D eigenvalue weighted by Crippen LogP contribution is -2.57. The van der Waals surface area contributed by atoms with Gasteiger partial charge in [0.25, 0.3) is 6.71 Å². The van der Waals surface area contributed by atoms with E-state index in [1.54, 1.807) is 0 Å². The predicted octanol–water partition coefficient (Wildman–Crippen LogP) is 20.2. The molecule has 3 nitrogen and oxygen atoms in total. The fourth-order valence-electron chi connectivity index (χ4n) is 15.8. The van der Waals surface area contributed by atoms with Crippen molar-refractivity contribution in [3.63, 3.8) is 0 Å². The SMILES string of the molecule is Cc1ccc2c(c1)C1(c3ccccc3Sc3ccccc31)c1cc(C)ccc1N2c1ccc2c(c1)Oc1cc(N3c4ccc(C)cc4C4(c5ccccc5Sc5ccccc54)c4cc(C)ccc43)ccc1B2c1c(C(C)C)cc(C(C)C)cc1C(C)C. The number of nitrogens with zero attached hydrogens (tertiary/aromatic N) is 2. The van der Waals surface area contributed by atoms with Gasteiger partial charge in [0, 0.05) is 43.1 Å². The first-order chi connectivity index (χ1) is 42.2. The zero-order valence-electron chi connectivity index (χ0n) is 51.2. The molecule has 0 N–H and O–H groups in total. The lowest BCUT2D eigenvalue weighted by Gasteiger charge is -2.49. The Morgan fingerprint density at radius 1 is 0.345 bits per heavy atom. The van der Waals surface area contributed by atoms with Crippen molar-refractivity contribution in [1.29, 1.82) is 0 Å². The van der Waals surface area contributed by atoms with E-state index in [0.717, 1.165) is 22.9 Å². The topological polar surface area (TPSA) is 15.7 Å². The maximum atomic E-state index is 7.73. The molecule has 0 amide bonds. The minimum absolute atomic E-state index is 0.104. The molecule has 5 aliphatic rings. The fourth-order valence-corrected chi connectivity index (χ4v) is 18.1. The molecule has 0 saturated heterocycles. The molecule has 11 aromatic rings. The molecular weight excluding hydrogens is 1090 g/mol. The molecule has 424 valence electrons. The van der Waals surface area contributed by atoms with Crippen LogP contribution in [0.25, 0.3) is 0 Å². The molecule has 5 heterocycles. The standard InChI is InChI=1S/C81H69BN2OS2/c1-47(2)54-43-57(48(3)4)79(58(44-54)49(5)6)82-67-33-31-55(83-69-35-27-50(7)39-63(69)80(64-40-51(8)28-36-70(64)83)59-19-11-15-23-75(59)86-76-24-16-12-20-60(76)80)45-73(67)85-74-46-56(32-34-68(74)82)84-71-37-29-52(9)41-65(71)81(66-42-53(10)30-38-72(66)84)61-21-13-17-25-77(61)87-78-26-18-14-22-62(78)81/h11-49H,1-10H3. The van der Waals surface area contributed by atoms with Crippen LogP contribution in [0.15, 0.2) is 238 Å². The number of ether oxygens (including phenoxy) is 1. The highest BCUT2D eigenvalue weighted by Crippen LogP contribution is 2.65. The van der Waals surface area contributed by atoms with E-state index in [4.69, 9.17) is 4.74 Å². The number of aryl methyl sites for hydroxylation is 4. The third-order valence-corrected chi connectivity index (χ3v) is 21.9. The van der Waals surface area contributed by atoms with Crippen molar-refractivity contribution in [2.24, 2.45) is 0 Å². The largest absolute Gasteiger partial charge is 0.458 e. The van der Waals surface area contributed by atoms with Gasteiger partial charge in [-0.3, -0.25) is 0 Å². The first kappa shape index (κ1) is 54.0. The van der Waals surface area contributed by atoms with Crippen molar-refractivity contribution in [1.82, 2.24) is 0 Å². The maximum absolute atomic E-state index is 7.73. The zero-order valence-corrected chi connectivity index (χ0v) is 52.8. The van der Waals surface area contributed by atoms with Gasteiger partial charge >= 0.3 is 0 Å². The molecule has 87 heavy (non-hydrogen) atoms. The lowest BCUT2D eigenvalue weighted by molar-refractivity contribution is 0.487. The summed E-state index contributed by atoms with van der Waals surface area (Å²) in [6.07, 6.45) is 0. The average molecular weight is 1160 g/mol. The normalized spacial score (nSPS) is 15.0. The summed E-state index contributed by atoms with van der Waals surface area (Å²) < 4.78 is 7.73. The molecule has 0 aliphatic carbocycles. The summed E-state index contributed by atoms with van der Waals surface area (Å²) in [7, 11) is 0. The van der Waals surface area contributed by atoms with Crippen LogP contribution in [0.3, 0.4) is 0 Å². The van der Waals surface area contributed by atoms with E-state index < -0.39 is 10.8 Å². The van der Waals surface area contributed by atoms with Crippen LogP contribution in [0.5, 0.6) is 11.5 Å². The molecule has 0 bridgehead atoms. The van der Waals surface area contributed by atoms with Gasteiger partial charge in [0.15, 0.2) is 0 Å². The van der Waals surface area contributed by atoms with Crippen LogP contribution in [0.1, 0.15) is 143 Å². The van der Waals surface area contributed by atoms with Crippen molar-refractivity contribution in [2.75, 3.05) is 9.80 Å². The Bertz CT molecular complexity index is 4220. The Labute approximate surface area is 522 Å². The highest BCUT2D eigenvalue weighted by atomic mass is 32.2. The predicted molar refractivity (Wildman–Crippen MR) is 367 cm³/mol. The Morgan fingerprint density at radius 2 is 0.667 bits per heavy atom. The number of benzene rings is 11. The average Bonchev–Trinajstić information content (AvgIpc) is 0.696. The second-order valence-corrected chi connectivity index (χ2v) is 28.2. The number of hydrogen-bond acceptors (Lipinski definition) is 5. The molecule has 2 spiro atoms. The third-order valence-electron chi connectivity index (χ3n) is 19.6. The molecule has 0 unspecified atom stereocenters. The lowest BCUT2D eigenvalue weighted by atomic mass is 9.34. The first-order valence-corrected chi connectivity index (χ1v) is 32.8. The van der Waals surface area contributed by atoms with E-state index in [1.165, 1.54) is 142 Å². The van der Waals surface area contributed by atoms with Gasteiger partial charge in [-0.15, -0.1) is 0 Å². The summed E-state index contributed by atoms with van der Waals surface area (Å²) in [5.41, 5.74) is 29.1. The number of anilines is 6. The van der Waals surface area contributed by atoms with Crippen molar-refractivity contribution in [3.05, 3.63) is 302 Å². The minimum atomic E-state index is -0.559. The van der Waals surface area contributed by atoms with E-state index >= 15 is 0 Å². The quantitative estimate of drug-likeness (QED) is 0.154. The Kier molecular flexibility index (Phi) is 12.5. The summed E-state index contributed by atoms with van der Waals surface area (Å²) in [4.78, 5) is 10.2. The molecule has 5 aliphatic heterocycles. The van der Waals surface area contributed by atoms with Crippen molar-refractivity contribution < 1.29 is 4.74 Å². The maximum Gasteiger partial charge on any atom is 0.251 e. The molecule has 11 aromatic carbocycles. The van der Waals surface area contributed by atoms with Crippen molar-refractivity contribution in [2.45, 2.75) is 117 Å². The summed E-state index contributed by atoms with van der Waals surface area (Å²) in [5.74, 6) is 2.72. The summed E-state index contributed by atoms with van der Waals surface area (Å²) in [6, 6.07) is 84.4. The van der Waals surface area contributed by atoms with E-state index in [-0.39, 0.29) is 18.5 Å². The van der Waals surface area contributed by atoms with Gasteiger partial charge in [-0.05, 0) is 178 Å². The molecule has 0 radical (unpaired) electrons. The molecule has 6 heteroatoms. The molecule has 0 aromatic heterocycles. The van der Waals surface area contributed by atoms with E-state index in [0.29, 0.717) is 5.92 Å². The van der Waals surface area contributed by atoms with Crippen LogP contribution in [-0.4, -0.2) is 6.71 Å². The number of rotatable bonds is 6. The summed E-state index contributed by atoms with van der Waals surface area (Å²) in [5, 5.41) is 0. The smallest absolute Gasteiger partial charge is 0.251 e. The van der Waals surface area contributed by atoms with Crippen LogP contribution >= 0.6 is 23.5 Å². The highest BCUT2D eigenvalue weighted by molar-refractivity contribution is 7.99. The first-order valence-electron chi connectivity index (χ1n) is 31.2. The van der Waals surface area contributed by atoms with Gasteiger partial charge < -0.3 is 14.5 Å². The second-order valence-electron chi connectivity index (χ2n) is 26.0. The molecular formula is C81H69BN2OS2. The van der Waals surface area contributed by atoms with E-state index in [9.17, 15) is 0 Å². The van der Waals surface area contributed by atoms with Crippen LogP contribution in [0, 0.1) is 27.7 Å². The van der Waals surface area contributed by atoms with Gasteiger partial charge in [-0.25, -0.2) is 0 Å². The van der Waals surface area contributed by atoms with Crippen molar-refractivity contribution >= 4 is 80.7 Å². The number of fused-ring (bicyclic) bond motifs is 18. The summed E-state index contributed by atoms with van der Waals surface area (Å²) in [6.45, 7) is 23.1. The monoisotopic (exact) mass is 1160 g/mol. The fraction of sp³-hybridized carbons (Fsp3) is 0.185. The second kappa shape index (κ2) is 20.1. The van der Waals surface area contributed by atoms with E-state index in [2.05, 4.69) is 297 Å². The van der Waals surface area contributed by atoms with Crippen LogP contribution in [0.4, 0.5) is 34.1 Å². The zero-order chi connectivity index (χ0) is 59.4. The molecule has 0 fully saturated rings. The third kappa shape index (κ3) is 7.85. The Hall–Kier alpha value is -8.42. The Balaban J connectivity index is 0.930. The van der Waals surface area contributed by atoms with Gasteiger partial charge in [0.2, 0.25) is 0 Å². The highest BCUT2D eigenvalue weighted by Gasteiger charge is 2.53.